The fraction of sp³-hybridized carbons (Fsp3) is 0.389. The van der Waals surface area contributed by atoms with E-state index in [0.717, 1.165) is 17.0 Å². The number of nitrogens with one attached hydrogen (secondary N) is 1. The first-order valence-corrected chi connectivity index (χ1v) is 8.72. The molecule has 2 N–H and O–H groups in total. The van der Waals surface area contributed by atoms with E-state index < -0.39 is 5.60 Å². The molecule has 0 aliphatic rings. The summed E-state index contributed by atoms with van der Waals surface area (Å²) in [6.07, 6.45) is 1.55. The third-order valence-corrected chi connectivity index (χ3v) is 4.42. The molecule has 0 radical (unpaired) electrons. The summed E-state index contributed by atoms with van der Waals surface area (Å²) in [7, 11) is 1.97. The molecular weight excluding hydrogens is 497 g/mol. The molecule has 0 bridgehead atoms. The van der Waals surface area contributed by atoms with Gasteiger partial charge in [-0.3, -0.25) is 0 Å². The zero-order valence-electron chi connectivity index (χ0n) is 14.7. The lowest BCUT2D eigenvalue weighted by atomic mass is 10.0. The van der Waals surface area contributed by atoms with E-state index in [4.69, 9.17) is 4.42 Å². The zero-order valence-corrected chi connectivity index (χ0v) is 18.6. The van der Waals surface area contributed by atoms with Gasteiger partial charge in [0.1, 0.15) is 11.4 Å². The first-order chi connectivity index (χ1) is 11.4. The van der Waals surface area contributed by atoms with E-state index in [1.54, 1.807) is 25.3 Å². The monoisotopic (exact) mass is 521 g/mol. The number of guanidine groups is 1. The summed E-state index contributed by atoms with van der Waals surface area (Å²) in [5.74, 6) is 1.25. The van der Waals surface area contributed by atoms with Crippen molar-refractivity contribution in [2.75, 3.05) is 20.1 Å². The van der Waals surface area contributed by atoms with Crippen LogP contribution in [0, 0.1) is 0 Å². The van der Waals surface area contributed by atoms with Gasteiger partial charge in [-0.05, 0) is 37.6 Å². The Hall–Kier alpha value is -1.06. The summed E-state index contributed by atoms with van der Waals surface area (Å²) in [4.78, 5) is 6.60. The van der Waals surface area contributed by atoms with Crippen LogP contribution in [0.3, 0.4) is 0 Å². The van der Waals surface area contributed by atoms with Gasteiger partial charge in [0, 0.05) is 24.6 Å². The number of nitrogens with zero attached hydrogens (tertiary/aromatic N) is 2. The second kappa shape index (κ2) is 10.2. The van der Waals surface area contributed by atoms with Crippen molar-refractivity contribution in [3.8, 4) is 0 Å². The van der Waals surface area contributed by atoms with Crippen LogP contribution in [-0.2, 0) is 12.1 Å². The van der Waals surface area contributed by atoms with Crippen LogP contribution in [0.5, 0.6) is 0 Å². The van der Waals surface area contributed by atoms with Gasteiger partial charge in [0.15, 0.2) is 5.96 Å². The second-order valence-corrected chi connectivity index (χ2v) is 6.72. The molecule has 1 heterocycles. The van der Waals surface area contributed by atoms with Crippen molar-refractivity contribution >= 4 is 45.9 Å². The van der Waals surface area contributed by atoms with E-state index >= 15 is 0 Å². The first kappa shape index (κ1) is 22.0. The molecule has 0 amide bonds. The third-order valence-electron chi connectivity index (χ3n) is 3.65. The molecule has 25 heavy (non-hydrogen) atoms. The molecule has 0 aliphatic heterocycles. The second-order valence-electron chi connectivity index (χ2n) is 5.87. The summed E-state index contributed by atoms with van der Waals surface area (Å²) in [6, 6.07) is 11.6. The van der Waals surface area contributed by atoms with Crippen LogP contribution in [-0.4, -0.2) is 36.1 Å². The quantitative estimate of drug-likeness (QED) is 0.343. The van der Waals surface area contributed by atoms with Gasteiger partial charge >= 0.3 is 0 Å². The number of halogens is 2. The molecule has 1 unspecified atom stereocenters. The van der Waals surface area contributed by atoms with E-state index in [0.29, 0.717) is 12.3 Å². The van der Waals surface area contributed by atoms with Gasteiger partial charge in [-0.25, -0.2) is 4.99 Å². The molecule has 1 atom stereocenters. The minimum absolute atomic E-state index is 0. The lowest BCUT2D eigenvalue weighted by Gasteiger charge is -2.25. The van der Waals surface area contributed by atoms with Crippen molar-refractivity contribution in [1.82, 2.24) is 10.2 Å². The Kier molecular flexibility index (Phi) is 8.95. The number of furan rings is 1. The summed E-state index contributed by atoms with van der Waals surface area (Å²) >= 11 is 3.57. The lowest BCUT2D eigenvalue weighted by Crippen LogP contribution is -2.39. The van der Waals surface area contributed by atoms with Crippen LogP contribution < -0.4 is 5.32 Å². The Balaban J connectivity index is 0.00000312. The molecule has 138 valence electrons. The molecule has 0 aliphatic carbocycles. The molecule has 5 nitrogen and oxygen atoms in total. The highest BCUT2D eigenvalue weighted by Gasteiger charge is 2.26. The van der Waals surface area contributed by atoms with Gasteiger partial charge in [0.2, 0.25) is 0 Å². The maximum Gasteiger partial charge on any atom is 0.194 e. The highest BCUT2D eigenvalue weighted by Crippen LogP contribution is 2.21. The molecule has 0 saturated carbocycles. The maximum absolute atomic E-state index is 10.6. The SMILES string of the molecule is CCNC(=NCC(C)(O)c1ccco1)N(C)Cc1ccccc1Br.I. The van der Waals surface area contributed by atoms with Gasteiger partial charge in [-0.15, -0.1) is 24.0 Å². The molecule has 0 spiro atoms. The maximum atomic E-state index is 10.6. The van der Waals surface area contributed by atoms with Crippen LogP contribution >= 0.6 is 39.9 Å². The van der Waals surface area contributed by atoms with Crippen molar-refractivity contribution in [2.45, 2.75) is 26.0 Å². The Labute approximate surface area is 174 Å². The average molecular weight is 522 g/mol. The molecule has 7 heteroatoms. The molecule has 0 saturated heterocycles. The summed E-state index contributed by atoms with van der Waals surface area (Å²) in [5, 5.41) is 13.8. The standard InChI is InChI=1S/C18H24BrN3O2.HI/c1-4-20-17(21-13-18(2,23)16-10-7-11-24-16)22(3)12-14-8-5-6-9-15(14)19;/h5-11,23H,4,12-13H2,1-3H3,(H,20,21);1H. The lowest BCUT2D eigenvalue weighted by molar-refractivity contribution is 0.0435. The van der Waals surface area contributed by atoms with Crippen molar-refractivity contribution in [1.29, 1.82) is 0 Å². The molecule has 2 aromatic rings. The van der Waals surface area contributed by atoms with E-state index in [1.807, 2.05) is 37.1 Å². The van der Waals surface area contributed by atoms with Crippen LogP contribution in [0.25, 0.3) is 0 Å². The Bertz CT molecular complexity index is 675. The van der Waals surface area contributed by atoms with Gasteiger partial charge in [-0.1, -0.05) is 34.1 Å². The number of rotatable bonds is 6. The first-order valence-electron chi connectivity index (χ1n) is 7.93. The third kappa shape index (κ3) is 6.31. The average Bonchev–Trinajstić information content (AvgIpc) is 3.09. The highest BCUT2D eigenvalue weighted by molar-refractivity contribution is 14.0. The van der Waals surface area contributed by atoms with Crippen LogP contribution in [0.2, 0.25) is 0 Å². The van der Waals surface area contributed by atoms with Crippen molar-refractivity contribution in [2.24, 2.45) is 4.99 Å². The van der Waals surface area contributed by atoms with E-state index in [2.05, 4.69) is 32.3 Å². The molecule has 0 fully saturated rings. The number of hydrogen-bond acceptors (Lipinski definition) is 3. The van der Waals surface area contributed by atoms with Gasteiger partial charge in [-0.2, -0.15) is 0 Å². The summed E-state index contributed by atoms with van der Waals surface area (Å²) in [6.45, 7) is 5.39. The largest absolute Gasteiger partial charge is 0.466 e. The minimum atomic E-state index is -1.14. The Morgan fingerprint density at radius 1 is 1.32 bits per heavy atom. The van der Waals surface area contributed by atoms with E-state index in [-0.39, 0.29) is 30.5 Å². The van der Waals surface area contributed by atoms with Crippen LogP contribution in [0.1, 0.15) is 25.2 Å². The zero-order chi connectivity index (χ0) is 17.6. The molecule has 1 aromatic heterocycles. The smallest absolute Gasteiger partial charge is 0.194 e. The fourth-order valence-electron chi connectivity index (χ4n) is 2.32. The Morgan fingerprint density at radius 3 is 2.64 bits per heavy atom. The van der Waals surface area contributed by atoms with Gasteiger partial charge in [0.05, 0.1) is 12.8 Å². The van der Waals surface area contributed by atoms with Crippen LogP contribution in [0.4, 0.5) is 0 Å². The number of aliphatic imine (C=N–C) groups is 1. The topological polar surface area (TPSA) is 61.0 Å². The number of aliphatic hydroxyl groups is 1. The van der Waals surface area contributed by atoms with Crippen molar-refractivity contribution in [3.05, 3.63) is 58.5 Å². The molecule has 2 rings (SSSR count). The fourth-order valence-corrected chi connectivity index (χ4v) is 2.73. The van der Waals surface area contributed by atoms with E-state index in [1.165, 1.54) is 5.56 Å². The molecular formula is C18H25BrIN3O2. The highest BCUT2D eigenvalue weighted by atomic mass is 127. The van der Waals surface area contributed by atoms with Crippen molar-refractivity contribution in [3.63, 3.8) is 0 Å². The van der Waals surface area contributed by atoms with Gasteiger partial charge < -0.3 is 19.7 Å². The number of benzene rings is 1. The van der Waals surface area contributed by atoms with Crippen LogP contribution in [0.15, 0.2) is 56.5 Å². The Morgan fingerprint density at radius 2 is 2.04 bits per heavy atom. The summed E-state index contributed by atoms with van der Waals surface area (Å²) in [5.41, 5.74) is 0.0293. The molecule has 1 aromatic carbocycles. The van der Waals surface area contributed by atoms with Gasteiger partial charge in [0.25, 0.3) is 0 Å². The number of hydrogen-bond donors (Lipinski definition) is 2. The van der Waals surface area contributed by atoms with Crippen molar-refractivity contribution < 1.29 is 9.52 Å². The summed E-state index contributed by atoms with van der Waals surface area (Å²) < 4.78 is 6.37. The predicted octanol–water partition coefficient (Wildman–Crippen LogP) is 3.97. The minimum Gasteiger partial charge on any atom is -0.466 e. The normalized spacial score (nSPS) is 13.7. The predicted molar refractivity (Wildman–Crippen MR) is 115 cm³/mol. The van der Waals surface area contributed by atoms with E-state index in [9.17, 15) is 5.11 Å².